The number of ether oxygens (including phenoxy) is 2. The molecule has 0 bridgehead atoms. The SMILES string of the molecule is CC/C=C\C/C=C\C/C=C\C/C=C\C/C=C\C/C=C\C/C=C\C/C=C\C/C=C\C/C=C\CCCCCCCCCCCCC(=O)OC(COC(=O)CCCCCCCCCCCCCCCCC/C=C\C/C=C\CCCCCCC)COP(=O)(O)OCCN. The average molecular weight is 1260 g/mol. The molecule has 2 unspecified atom stereocenters. The number of unbranched alkanes of at least 4 members (excludes halogenated alkanes) is 30. The van der Waals surface area contributed by atoms with Crippen molar-refractivity contribution >= 4 is 19.8 Å². The van der Waals surface area contributed by atoms with Gasteiger partial charge >= 0.3 is 19.8 Å². The van der Waals surface area contributed by atoms with Gasteiger partial charge in [-0.2, -0.15) is 0 Å². The fraction of sp³-hybridized carbons (Fsp3) is 0.671. The molecule has 0 rings (SSSR count). The fourth-order valence-electron chi connectivity index (χ4n) is 9.87. The summed E-state index contributed by atoms with van der Waals surface area (Å²) in [6.07, 6.45) is 105. The van der Waals surface area contributed by atoms with Crippen LogP contribution in [0.5, 0.6) is 0 Å². The molecule has 10 heteroatoms. The first-order valence-electron chi connectivity index (χ1n) is 36.3. The second-order valence-electron chi connectivity index (χ2n) is 23.7. The van der Waals surface area contributed by atoms with Crippen LogP contribution in [-0.4, -0.2) is 49.3 Å². The number of hydrogen-bond donors (Lipinski definition) is 2. The number of allylic oxidation sites excluding steroid dienone is 24. The molecule has 3 N–H and O–H groups in total. The van der Waals surface area contributed by atoms with Gasteiger partial charge in [0, 0.05) is 19.4 Å². The van der Waals surface area contributed by atoms with Crippen LogP contribution in [0.1, 0.15) is 309 Å². The van der Waals surface area contributed by atoms with Gasteiger partial charge in [-0.1, -0.05) is 320 Å². The Hall–Kier alpha value is -4.11. The average Bonchev–Trinajstić information content (AvgIpc) is 3.58. The Bertz CT molecular complexity index is 1970. The molecule has 0 aromatic rings. The smallest absolute Gasteiger partial charge is 0.462 e. The lowest BCUT2D eigenvalue weighted by Crippen LogP contribution is -2.29. The topological polar surface area (TPSA) is 134 Å². The second-order valence-corrected chi connectivity index (χ2v) is 25.2. The Morgan fingerprint density at radius 2 is 0.618 bits per heavy atom. The van der Waals surface area contributed by atoms with Gasteiger partial charge in [0.25, 0.3) is 0 Å². The molecule has 2 atom stereocenters. The number of rotatable bonds is 67. The first-order valence-corrected chi connectivity index (χ1v) is 37.8. The molecule has 0 aliphatic rings. The Balaban J connectivity index is 3.93. The largest absolute Gasteiger partial charge is 0.472 e. The van der Waals surface area contributed by atoms with E-state index in [9.17, 15) is 19.0 Å². The third-order valence-corrected chi connectivity index (χ3v) is 16.2. The van der Waals surface area contributed by atoms with Gasteiger partial charge in [0.05, 0.1) is 13.2 Å². The molecule has 0 heterocycles. The minimum atomic E-state index is -4.40. The summed E-state index contributed by atoms with van der Waals surface area (Å²) in [4.78, 5) is 35.4. The van der Waals surface area contributed by atoms with Crippen molar-refractivity contribution in [2.45, 2.75) is 315 Å². The third-order valence-electron chi connectivity index (χ3n) is 15.2. The fourth-order valence-corrected chi connectivity index (χ4v) is 10.6. The summed E-state index contributed by atoms with van der Waals surface area (Å²) in [6, 6.07) is 0. The number of carbonyl (C=O) groups is 2. The van der Waals surface area contributed by atoms with E-state index in [0.717, 1.165) is 116 Å². The Morgan fingerprint density at radius 1 is 0.348 bits per heavy atom. The van der Waals surface area contributed by atoms with E-state index in [2.05, 4.69) is 160 Å². The van der Waals surface area contributed by atoms with Gasteiger partial charge in [-0.3, -0.25) is 18.6 Å². The van der Waals surface area contributed by atoms with Crippen LogP contribution in [0.3, 0.4) is 0 Å². The third kappa shape index (κ3) is 72.8. The van der Waals surface area contributed by atoms with Crippen LogP contribution in [-0.2, 0) is 32.7 Å². The lowest BCUT2D eigenvalue weighted by Gasteiger charge is -2.19. The van der Waals surface area contributed by atoms with E-state index in [1.165, 1.54) is 161 Å². The number of phosphoric ester groups is 1. The van der Waals surface area contributed by atoms with Gasteiger partial charge in [0.15, 0.2) is 6.10 Å². The maximum Gasteiger partial charge on any atom is 0.472 e. The lowest BCUT2D eigenvalue weighted by atomic mass is 10.0. The number of hydrogen-bond acceptors (Lipinski definition) is 8. The maximum atomic E-state index is 12.8. The molecular weight excluding hydrogens is 1120 g/mol. The van der Waals surface area contributed by atoms with Gasteiger partial charge in [-0.05, 0) is 122 Å². The predicted octanol–water partition coefficient (Wildman–Crippen LogP) is 24.2. The standard InChI is InChI=1S/C79H134NO8P/c1-3-5-7-9-11-13-15-17-19-21-23-25-27-29-31-32-33-34-35-36-37-38-39-40-41-42-43-44-46-48-50-52-54-56-58-60-62-64-66-68-70-72-79(82)88-77(76-87-89(83,84)86-74-73-80)75-85-78(81)71-69-67-65-63-61-59-57-55-53-51-49-47-45-30-28-26-24-22-20-18-16-14-12-10-8-6-4-2/h5,7,11,13,16-19,22-25,29,31,33-34,36-37,39-40,42-43,46,48,77H,3-4,6,8-10,12,14-15,20-21,26-28,30,32,35,38,41,44-45,47,49-76,80H2,1-2H3,(H,83,84)/b7-5-,13-11-,18-16-,19-17-,24-22-,25-23-,31-29-,34-33-,37-36-,40-39-,43-42-,48-46-. The minimum Gasteiger partial charge on any atom is -0.462 e. The van der Waals surface area contributed by atoms with Gasteiger partial charge in [-0.15, -0.1) is 0 Å². The van der Waals surface area contributed by atoms with Crippen LogP contribution in [0.25, 0.3) is 0 Å². The first-order chi connectivity index (χ1) is 43.8. The summed E-state index contributed by atoms with van der Waals surface area (Å²) in [7, 11) is -4.40. The van der Waals surface area contributed by atoms with Gasteiger partial charge in [-0.25, -0.2) is 4.57 Å². The summed E-state index contributed by atoms with van der Waals surface area (Å²) in [5, 5.41) is 0. The van der Waals surface area contributed by atoms with E-state index in [1.807, 2.05) is 0 Å². The normalized spacial score (nSPS) is 13.8. The molecular formula is C79H134NO8P. The molecule has 9 nitrogen and oxygen atoms in total. The predicted molar refractivity (Wildman–Crippen MR) is 385 cm³/mol. The Kier molecular flexibility index (Phi) is 69.6. The van der Waals surface area contributed by atoms with Crippen LogP contribution < -0.4 is 5.73 Å². The number of carbonyl (C=O) groups excluding carboxylic acids is 2. The summed E-state index contributed by atoms with van der Waals surface area (Å²) in [6.45, 7) is 3.63. The van der Waals surface area contributed by atoms with Crippen molar-refractivity contribution < 1.29 is 37.6 Å². The summed E-state index contributed by atoms with van der Waals surface area (Å²) in [5.41, 5.74) is 5.40. The lowest BCUT2D eigenvalue weighted by molar-refractivity contribution is -0.161. The molecule has 0 aliphatic heterocycles. The van der Waals surface area contributed by atoms with Crippen molar-refractivity contribution in [3.63, 3.8) is 0 Å². The molecule has 508 valence electrons. The molecule has 0 aromatic carbocycles. The van der Waals surface area contributed by atoms with Crippen LogP contribution in [0.4, 0.5) is 0 Å². The zero-order valence-corrected chi connectivity index (χ0v) is 58.0. The van der Waals surface area contributed by atoms with Crippen molar-refractivity contribution in [3.05, 3.63) is 146 Å². The van der Waals surface area contributed by atoms with Gasteiger partial charge < -0.3 is 20.1 Å². The van der Waals surface area contributed by atoms with Crippen molar-refractivity contribution in [1.82, 2.24) is 0 Å². The molecule has 89 heavy (non-hydrogen) atoms. The molecule has 0 fully saturated rings. The van der Waals surface area contributed by atoms with Crippen LogP contribution in [0, 0.1) is 0 Å². The highest BCUT2D eigenvalue weighted by molar-refractivity contribution is 7.47. The highest BCUT2D eigenvalue weighted by atomic mass is 31.2. The van der Waals surface area contributed by atoms with Crippen molar-refractivity contribution in [2.24, 2.45) is 5.73 Å². The van der Waals surface area contributed by atoms with Crippen molar-refractivity contribution in [3.8, 4) is 0 Å². The Labute approximate surface area is 547 Å². The van der Waals surface area contributed by atoms with Crippen molar-refractivity contribution in [1.29, 1.82) is 0 Å². The summed E-state index contributed by atoms with van der Waals surface area (Å²) in [5.74, 6) is -0.831. The quantitative estimate of drug-likeness (QED) is 0.0264. The van der Waals surface area contributed by atoms with E-state index in [0.29, 0.717) is 6.42 Å². The number of phosphoric acid groups is 1. The number of nitrogens with two attached hydrogens (primary N) is 1. The minimum absolute atomic E-state index is 0.0474. The van der Waals surface area contributed by atoms with E-state index >= 15 is 0 Å². The van der Waals surface area contributed by atoms with Crippen LogP contribution in [0.2, 0.25) is 0 Å². The maximum absolute atomic E-state index is 12.8. The van der Waals surface area contributed by atoms with E-state index in [4.69, 9.17) is 24.3 Å². The van der Waals surface area contributed by atoms with Crippen molar-refractivity contribution in [2.75, 3.05) is 26.4 Å². The Morgan fingerprint density at radius 3 is 0.921 bits per heavy atom. The van der Waals surface area contributed by atoms with E-state index in [1.54, 1.807) is 0 Å². The van der Waals surface area contributed by atoms with Gasteiger partial charge in [0.1, 0.15) is 6.61 Å². The molecule has 0 spiro atoms. The van der Waals surface area contributed by atoms with Crippen LogP contribution in [0.15, 0.2) is 146 Å². The molecule has 0 amide bonds. The molecule has 0 aliphatic carbocycles. The van der Waals surface area contributed by atoms with E-state index < -0.39 is 26.5 Å². The first kappa shape index (κ1) is 84.9. The monoisotopic (exact) mass is 1260 g/mol. The highest BCUT2D eigenvalue weighted by Gasteiger charge is 2.26. The molecule has 0 saturated carbocycles. The number of esters is 2. The molecule has 0 radical (unpaired) electrons. The summed E-state index contributed by atoms with van der Waals surface area (Å²) < 4.78 is 33.2. The zero-order chi connectivity index (χ0) is 64.4. The zero-order valence-electron chi connectivity index (χ0n) is 57.1. The van der Waals surface area contributed by atoms with E-state index in [-0.39, 0.29) is 38.6 Å². The van der Waals surface area contributed by atoms with Crippen LogP contribution >= 0.6 is 7.82 Å². The second kappa shape index (κ2) is 72.9. The van der Waals surface area contributed by atoms with Gasteiger partial charge in [0.2, 0.25) is 0 Å². The molecule has 0 saturated heterocycles. The highest BCUT2D eigenvalue weighted by Crippen LogP contribution is 2.43. The molecule has 0 aromatic heterocycles. The summed E-state index contributed by atoms with van der Waals surface area (Å²) >= 11 is 0.